The van der Waals surface area contributed by atoms with Crippen LogP contribution in [0.25, 0.3) is 0 Å². The standard InChI is InChI=1S/C9H16ClN3/c1-3-13-8-9(6-11-13)7-12(2)5-4-10/h6,8H,3-5,7H2,1-2H3. The molecule has 0 bridgehead atoms. The van der Waals surface area contributed by atoms with Gasteiger partial charge < -0.3 is 4.90 Å². The molecule has 0 aromatic carbocycles. The second kappa shape index (κ2) is 5.25. The van der Waals surface area contributed by atoms with Gasteiger partial charge in [0.05, 0.1) is 6.20 Å². The van der Waals surface area contributed by atoms with E-state index in [0.29, 0.717) is 5.88 Å². The number of rotatable bonds is 5. The molecule has 0 radical (unpaired) electrons. The third-order valence-electron chi connectivity index (χ3n) is 1.93. The van der Waals surface area contributed by atoms with Crippen LogP contribution in [0, 0.1) is 0 Å². The molecule has 0 saturated carbocycles. The fraction of sp³-hybridized carbons (Fsp3) is 0.667. The highest BCUT2D eigenvalue weighted by atomic mass is 35.5. The lowest BCUT2D eigenvalue weighted by atomic mass is 10.3. The average Bonchev–Trinajstić information content (AvgIpc) is 2.52. The lowest BCUT2D eigenvalue weighted by Gasteiger charge is -2.12. The van der Waals surface area contributed by atoms with Crippen LogP contribution in [-0.4, -0.2) is 34.2 Å². The molecule has 1 aromatic heterocycles. The van der Waals surface area contributed by atoms with Crippen LogP contribution in [0.1, 0.15) is 12.5 Å². The van der Waals surface area contributed by atoms with Crippen LogP contribution >= 0.6 is 11.6 Å². The molecule has 4 heteroatoms. The van der Waals surface area contributed by atoms with Crippen molar-refractivity contribution in [2.45, 2.75) is 20.0 Å². The molecule has 1 heterocycles. The van der Waals surface area contributed by atoms with Crippen molar-refractivity contribution in [3.05, 3.63) is 18.0 Å². The molecule has 0 aliphatic rings. The number of hydrogen-bond donors (Lipinski definition) is 0. The molecule has 1 aromatic rings. The summed E-state index contributed by atoms with van der Waals surface area (Å²) in [4.78, 5) is 2.18. The van der Waals surface area contributed by atoms with Crippen LogP contribution in [0.2, 0.25) is 0 Å². The normalized spacial score (nSPS) is 11.1. The lowest BCUT2D eigenvalue weighted by molar-refractivity contribution is 0.347. The number of aryl methyl sites for hydroxylation is 1. The molecule has 0 aliphatic carbocycles. The second-order valence-electron chi connectivity index (χ2n) is 3.13. The van der Waals surface area contributed by atoms with Crippen molar-refractivity contribution in [3.8, 4) is 0 Å². The molecule has 13 heavy (non-hydrogen) atoms. The van der Waals surface area contributed by atoms with Crippen LogP contribution in [0.3, 0.4) is 0 Å². The summed E-state index contributed by atoms with van der Waals surface area (Å²) in [5.41, 5.74) is 1.24. The van der Waals surface area contributed by atoms with Gasteiger partial charge in [0, 0.05) is 37.3 Å². The molecule has 0 saturated heterocycles. The minimum absolute atomic E-state index is 0.679. The fourth-order valence-corrected chi connectivity index (χ4v) is 1.48. The molecule has 0 spiro atoms. The van der Waals surface area contributed by atoms with Crippen LogP contribution in [0.15, 0.2) is 12.4 Å². The van der Waals surface area contributed by atoms with Crippen LogP contribution in [-0.2, 0) is 13.1 Å². The van der Waals surface area contributed by atoms with E-state index in [1.165, 1.54) is 5.56 Å². The summed E-state index contributed by atoms with van der Waals surface area (Å²) >= 11 is 5.63. The maximum Gasteiger partial charge on any atom is 0.0534 e. The average molecular weight is 202 g/mol. The van der Waals surface area contributed by atoms with Crippen molar-refractivity contribution in [1.29, 1.82) is 0 Å². The summed E-state index contributed by atoms with van der Waals surface area (Å²) < 4.78 is 1.93. The predicted molar refractivity (Wildman–Crippen MR) is 55.0 cm³/mol. The van der Waals surface area contributed by atoms with Gasteiger partial charge in [-0.3, -0.25) is 4.68 Å². The topological polar surface area (TPSA) is 21.1 Å². The molecule has 3 nitrogen and oxygen atoms in total. The number of halogens is 1. The first kappa shape index (κ1) is 10.5. The molecule has 74 valence electrons. The highest BCUT2D eigenvalue weighted by Crippen LogP contribution is 2.01. The van der Waals surface area contributed by atoms with Gasteiger partial charge in [-0.05, 0) is 14.0 Å². The summed E-state index contributed by atoms with van der Waals surface area (Å²) in [6, 6.07) is 0. The van der Waals surface area contributed by atoms with E-state index < -0.39 is 0 Å². The number of nitrogens with zero attached hydrogens (tertiary/aromatic N) is 3. The van der Waals surface area contributed by atoms with Crippen molar-refractivity contribution in [2.75, 3.05) is 19.5 Å². The van der Waals surface area contributed by atoms with Crippen molar-refractivity contribution < 1.29 is 0 Å². The molecule has 1 rings (SSSR count). The first-order valence-corrected chi connectivity index (χ1v) is 5.05. The molecular formula is C9H16ClN3. The van der Waals surface area contributed by atoms with Crippen molar-refractivity contribution in [1.82, 2.24) is 14.7 Å². The van der Waals surface area contributed by atoms with E-state index in [2.05, 4.69) is 30.2 Å². The maximum absolute atomic E-state index is 5.63. The Morgan fingerprint density at radius 3 is 2.92 bits per heavy atom. The van der Waals surface area contributed by atoms with Crippen molar-refractivity contribution >= 4 is 11.6 Å². The number of alkyl halides is 1. The Morgan fingerprint density at radius 1 is 1.62 bits per heavy atom. The lowest BCUT2D eigenvalue weighted by Crippen LogP contribution is -2.19. The molecular weight excluding hydrogens is 186 g/mol. The molecule has 0 amide bonds. The zero-order valence-corrected chi connectivity index (χ0v) is 8.96. The van der Waals surface area contributed by atoms with E-state index in [-0.39, 0.29) is 0 Å². The molecule has 0 N–H and O–H groups in total. The monoisotopic (exact) mass is 201 g/mol. The minimum Gasteiger partial charge on any atom is -0.301 e. The fourth-order valence-electron chi connectivity index (χ4n) is 1.20. The Balaban J connectivity index is 2.44. The third kappa shape index (κ3) is 3.36. The third-order valence-corrected chi connectivity index (χ3v) is 2.10. The Hall–Kier alpha value is -0.540. The predicted octanol–water partition coefficient (Wildman–Crippen LogP) is 1.57. The van der Waals surface area contributed by atoms with E-state index in [1.807, 2.05) is 10.9 Å². The summed E-state index contributed by atoms with van der Waals surface area (Å²) in [5.74, 6) is 0.679. The largest absolute Gasteiger partial charge is 0.301 e. The smallest absolute Gasteiger partial charge is 0.0534 e. The van der Waals surface area contributed by atoms with E-state index in [1.54, 1.807) is 0 Å². The van der Waals surface area contributed by atoms with E-state index in [0.717, 1.165) is 19.6 Å². The van der Waals surface area contributed by atoms with E-state index in [4.69, 9.17) is 11.6 Å². The molecule has 0 unspecified atom stereocenters. The Labute approximate surface area is 84.3 Å². The molecule has 0 aliphatic heterocycles. The maximum atomic E-state index is 5.63. The van der Waals surface area contributed by atoms with E-state index >= 15 is 0 Å². The second-order valence-corrected chi connectivity index (χ2v) is 3.51. The quantitative estimate of drug-likeness (QED) is 0.675. The first-order chi connectivity index (χ1) is 6.26. The Bertz CT molecular complexity index is 247. The summed E-state index contributed by atoms with van der Waals surface area (Å²) in [7, 11) is 2.06. The SMILES string of the molecule is CCn1cc(CN(C)CCCl)cn1. The highest BCUT2D eigenvalue weighted by Gasteiger charge is 2.01. The highest BCUT2D eigenvalue weighted by molar-refractivity contribution is 6.18. The summed E-state index contributed by atoms with van der Waals surface area (Å²) in [6.07, 6.45) is 3.99. The van der Waals surface area contributed by atoms with Crippen LogP contribution in [0.4, 0.5) is 0 Å². The van der Waals surface area contributed by atoms with Gasteiger partial charge >= 0.3 is 0 Å². The van der Waals surface area contributed by atoms with Gasteiger partial charge in [-0.25, -0.2) is 0 Å². The summed E-state index contributed by atoms with van der Waals surface area (Å²) in [5, 5.41) is 4.20. The van der Waals surface area contributed by atoms with Gasteiger partial charge in [0.1, 0.15) is 0 Å². The number of hydrogen-bond acceptors (Lipinski definition) is 2. The molecule has 0 atom stereocenters. The van der Waals surface area contributed by atoms with Crippen molar-refractivity contribution in [3.63, 3.8) is 0 Å². The van der Waals surface area contributed by atoms with Crippen molar-refractivity contribution in [2.24, 2.45) is 0 Å². The summed E-state index contributed by atoms with van der Waals surface area (Å²) in [6.45, 7) is 4.85. The Morgan fingerprint density at radius 2 is 2.38 bits per heavy atom. The zero-order valence-electron chi connectivity index (χ0n) is 8.20. The van der Waals surface area contributed by atoms with Gasteiger partial charge in [-0.15, -0.1) is 11.6 Å². The Kier molecular flexibility index (Phi) is 4.25. The number of aromatic nitrogens is 2. The van der Waals surface area contributed by atoms with Gasteiger partial charge in [0.2, 0.25) is 0 Å². The zero-order chi connectivity index (χ0) is 9.68. The van der Waals surface area contributed by atoms with Gasteiger partial charge in [-0.2, -0.15) is 5.10 Å². The van der Waals surface area contributed by atoms with Crippen LogP contribution in [0.5, 0.6) is 0 Å². The van der Waals surface area contributed by atoms with E-state index in [9.17, 15) is 0 Å². The van der Waals surface area contributed by atoms with Crippen LogP contribution < -0.4 is 0 Å². The van der Waals surface area contributed by atoms with Gasteiger partial charge in [0.25, 0.3) is 0 Å². The first-order valence-electron chi connectivity index (χ1n) is 4.52. The van der Waals surface area contributed by atoms with Gasteiger partial charge in [-0.1, -0.05) is 0 Å². The molecule has 0 fully saturated rings. The van der Waals surface area contributed by atoms with Gasteiger partial charge in [0.15, 0.2) is 0 Å². The minimum atomic E-state index is 0.679.